The largest absolute Gasteiger partial charge is 0.420 e. The maximum absolute atomic E-state index is 13.8. The van der Waals surface area contributed by atoms with Gasteiger partial charge in [-0.3, -0.25) is 9.36 Å². The van der Waals surface area contributed by atoms with Crippen molar-refractivity contribution in [2.45, 2.75) is 57.4 Å². The van der Waals surface area contributed by atoms with E-state index < -0.39 is 0 Å². The number of carbonyl (C=O) groups excluding carboxylic acids is 1. The third-order valence-electron chi connectivity index (χ3n) is 8.12. The molecule has 2 heterocycles. The van der Waals surface area contributed by atoms with Crippen LogP contribution in [0.25, 0.3) is 11.1 Å². The Balaban J connectivity index is 1.29. The number of hydrogen-bond donors (Lipinski definition) is 0. The molecule has 5 fully saturated rings. The number of benzene rings is 1. The van der Waals surface area contributed by atoms with Gasteiger partial charge in [-0.05, 0) is 87.3 Å². The molecule has 1 aliphatic heterocycles. The van der Waals surface area contributed by atoms with Crippen LogP contribution in [0.2, 0.25) is 5.02 Å². The lowest BCUT2D eigenvalue weighted by atomic mass is 9.49. The van der Waals surface area contributed by atoms with Crippen molar-refractivity contribution in [3.63, 3.8) is 0 Å². The number of rotatable bonds is 2. The predicted molar refractivity (Wildman–Crippen MR) is 111 cm³/mol. The van der Waals surface area contributed by atoms with E-state index in [4.69, 9.17) is 16.0 Å². The SMILES string of the molecule is O=C(N1CCC[C@H](n2c(=O)oc3ccc(Cl)cc32)C1)C12CC3CC(CC(C3)C1)C2. The molecule has 1 atom stereocenters. The average molecular weight is 415 g/mol. The second-order valence-electron chi connectivity index (χ2n) is 10.1. The molecule has 4 bridgehead atoms. The molecule has 0 N–H and O–H groups in total. The van der Waals surface area contributed by atoms with Gasteiger partial charge >= 0.3 is 5.76 Å². The summed E-state index contributed by atoms with van der Waals surface area (Å²) in [6, 6.07) is 5.23. The highest BCUT2D eigenvalue weighted by atomic mass is 35.5. The molecular formula is C23H27ClN2O3. The minimum absolute atomic E-state index is 0.0474. The predicted octanol–water partition coefficient (Wildman–Crippen LogP) is 4.63. The van der Waals surface area contributed by atoms with Crippen molar-refractivity contribution in [1.29, 1.82) is 0 Å². The van der Waals surface area contributed by atoms with Gasteiger partial charge in [0.05, 0.1) is 17.0 Å². The summed E-state index contributed by atoms with van der Waals surface area (Å²) in [6.45, 7) is 1.41. The topological polar surface area (TPSA) is 55.5 Å². The fourth-order valence-corrected chi connectivity index (χ4v) is 7.58. The maximum Gasteiger partial charge on any atom is 0.420 e. The van der Waals surface area contributed by atoms with Crippen LogP contribution in [-0.4, -0.2) is 28.5 Å². The van der Waals surface area contributed by atoms with Crippen molar-refractivity contribution in [1.82, 2.24) is 9.47 Å². The van der Waals surface area contributed by atoms with E-state index in [1.807, 2.05) is 0 Å². The molecule has 7 rings (SSSR count). The maximum atomic E-state index is 13.8. The van der Waals surface area contributed by atoms with Crippen LogP contribution in [-0.2, 0) is 4.79 Å². The summed E-state index contributed by atoms with van der Waals surface area (Å²) in [4.78, 5) is 28.4. The smallest absolute Gasteiger partial charge is 0.408 e. The van der Waals surface area contributed by atoms with E-state index in [-0.39, 0.29) is 17.2 Å². The standard InChI is InChI=1S/C23H27ClN2O3/c24-17-3-4-20-19(9-17)26(22(28)29-20)18-2-1-5-25(13-18)21(27)23-10-14-6-15(11-23)8-16(7-14)12-23/h3-4,9,14-16,18H,1-2,5-8,10-13H2/t14?,15?,16?,18-,23?/m0/s1. The van der Waals surface area contributed by atoms with E-state index >= 15 is 0 Å². The molecule has 2 aromatic rings. The summed E-state index contributed by atoms with van der Waals surface area (Å²) in [6.07, 6.45) is 9.08. The first-order chi connectivity index (χ1) is 14.0. The Morgan fingerprint density at radius 3 is 2.48 bits per heavy atom. The van der Waals surface area contributed by atoms with Crippen molar-refractivity contribution < 1.29 is 9.21 Å². The van der Waals surface area contributed by atoms with Crippen molar-refractivity contribution in [2.24, 2.45) is 23.2 Å². The van der Waals surface area contributed by atoms with Gasteiger partial charge in [-0.2, -0.15) is 0 Å². The molecule has 4 aliphatic carbocycles. The van der Waals surface area contributed by atoms with Gasteiger partial charge in [0.15, 0.2) is 5.58 Å². The van der Waals surface area contributed by atoms with E-state index in [0.717, 1.165) is 61.9 Å². The molecule has 1 aromatic heterocycles. The highest BCUT2D eigenvalue weighted by Gasteiger charge is 2.55. The third kappa shape index (κ3) is 2.80. The van der Waals surface area contributed by atoms with E-state index in [1.54, 1.807) is 22.8 Å². The van der Waals surface area contributed by atoms with Crippen LogP contribution in [0, 0.1) is 23.2 Å². The Kier molecular flexibility index (Phi) is 3.97. The van der Waals surface area contributed by atoms with Gasteiger partial charge in [-0.15, -0.1) is 0 Å². The summed E-state index contributed by atoms with van der Waals surface area (Å²) in [5.74, 6) is 2.28. The van der Waals surface area contributed by atoms with Crippen LogP contribution < -0.4 is 5.76 Å². The molecule has 4 saturated carbocycles. The normalized spacial score (nSPS) is 36.1. The molecule has 6 heteroatoms. The Labute approximate surface area is 175 Å². The lowest BCUT2D eigenvalue weighted by molar-refractivity contribution is -0.159. The Bertz CT molecular complexity index is 1000. The van der Waals surface area contributed by atoms with Crippen LogP contribution in [0.4, 0.5) is 0 Å². The minimum atomic E-state index is -0.351. The Morgan fingerprint density at radius 2 is 1.79 bits per heavy atom. The third-order valence-corrected chi connectivity index (χ3v) is 8.35. The molecule has 0 radical (unpaired) electrons. The van der Waals surface area contributed by atoms with Gasteiger partial charge in [0.25, 0.3) is 0 Å². The lowest BCUT2D eigenvalue weighted by Gasteiger charge is -2.57. The van der Waals surface area contributed by atoms with Crippen molar-refractivity contribution in [3.8, 4) is 0 Å². The molecule has 0 spiro atoms. The summed E-state index contributed by atoms with van der Waals surface area (Å²) in [7, 11) is 0. The summed E-state index contributed by atoms with van der Waals surface area (Å²) in [5, 5.41) is 0.587. The van der Waals surface area contributed by atoms with Crippen LogP contribution >= 0.6 is 11.6 Å². The lowest BCUT2D eigenvalue weighted by Crippen LogP contribution is -2.56. The number of carbonyl (C=O) groups is 1. The summed E-state index contributed by atoms with van der Waals surface area (Å²) < 4.78 is 7.17. The number of likely N-dealkylation sites (tertiary alicyclic amines) is 1. The summed E-state index contributed by atoms with van der Waals surface area (Å²) in [5.41, 5.74) is 1.17. The van der Waals surface area contributed by atoms with Gasteiger partial charge < -0.3 is 9.32 Å². The first-order valence-corrected chi connectivity index (χ1v) is 11.5. The first kappa shape index (κ1) is 18.1. The molecule has 29 heavy (non-hydrogen) atoms. The number of halogens is 1. The van der Waals surface area contributed by atoms with Crippen LogP contribution in [0.15, 0.2) is 27.4 Å². The molecule has 1 amide bonds. The first-order valence-electron chi connectivity index (χ1n) is 11.1. The molecule has 154 valence electrons. The number of hydrogen-bond acceptors (Lipinski definition) is 3. The van der Waals surface area contributed by atoms with Crippen LogP contribution in [0.5, 0.6) is 0 Å². The molecular weight excluding hydrogens is 388 g/mol. The van der Waals surface area contributed by atoms with Gasteiger partial charge in [-0.25, -0.2) is 4.79 Å². The number of aromatic nitrogens is 1. The zero-order valence-corrected chi connectivity index (χ0v) is 17.4. The number of piperidine rings is 1. The number of oxazole rings is 1. The Hall–Kier alpha value is -1.75. The average Bonchev–Trinajstić information content (AvgIpc) is 3.01. The summed E-state index contributed by atoms with van der Waals surface area (Å²) >= 11 is 6.17. The van der Waals surface area contributed by atoms with Gasteiger partial charge in [0, 0.05) is 18.1 Å². The number of nitrogens with zero attached hydrogens (tertiary/aromatic N) is 2. The quantitative estimate of drug-likeness (QED) is 0.720. The van der Waals surface area contributed by atoms with Crippen molar-refractivity contribution in [2.75, 3.05) is 13.1 Å². The van der Waals surface area contributed by atoms with E-state index in [9.17, 15) is 9.59 Å². The van der Waals surface area contributed by atoms with Gasteiger partial charge in [0.2, 0.25) is 5.91 Å². The molecule has 5 nitrogen and oxygen atoms in total. The second-order valence-corrected chi connectivity index (χ2v) is 10.5. The Morgan fingerprint density at radius 1 is 1.10 bits per heavy atom. The molecule has 5 aliphatic rings. The fraction of sp³-hybridized carbons (Fsp3) is 0.652. The number of fused-ring (bicyclic) bond motifs is 1. The van der Waals surface area contributed by atoms with Gasteiger partial charge in [0.1, 0.15) is 0 Å². The second kappa shape index (κ2) is 6.37. The van der Waals surface area contributed by atoms with Crippen molar-refractivity contribution >= 4 is 28.6 Å². The van der Waals surface area contributed by atoms with Gasteiger partial charge in [-0.1, -0.05) is 11.6 Å². The zero-order chi connectivity index (χ0) is 19.8. The van der Waals surface area contributed by atoms with Crippen LogP contribution in [0.1, 0.15) is 57.4 Å². The van der Waals surface area contributed by atoms with Crippen molar-refractivity contribution in [3.05, 3.63) is 33.8 Å². The number of amides is 1. The van der Waals surface area contributed by atoms with E-state index in [1.165, 1.54) is 19.3 Å². The molecule has 1 saturated heterocycles. The molecule has 0 unspecified atom stereocenters. The highest BCUT2D eigenvalue weighted by molar-refractivity contribution is 6.31. The van der Waals surface area contributed by atoms with Crippen LogP contribution in [0.3, 0.4) is 0 Å². The fourth-order valence-electron chi connectivity index (χ4n) is 7.41. The monoisotopic (exact) mass is 414 g/mol. The zero-order valence-electron chi connectivity index (χ0n) is 16.6. The highest BCUT2D eigenvalue weighted by Crippen LogP contribution is 2.60. The molecule has 1 aromatic carbocycles. The van der Waals surface area contributed by atoms with E-state index in [2.05, 4.69) is 4.90 Å². The minimum Gasteiger partial charge on any atom is -0.408 e. The van der Waals surface area contributed by atoms with E-state index in [0.29, 0.717) is 23.1 Å².